The Balaban J connectivity index is 2.26. The van der Waals surface area contributed by atoms with Crippen molar-refractivity contribution in [2.45, 2.75) is 0 Å². The average Bonchev–Trinajstić information content (AvgIpc) is 2.53. The molecule has 0 amide bonds. The lowest BCUT2D eigenvalue weighted by Gasteiger charge is -2.10. The van der Waals surface area contributed by atoms with E-state index in [1.165, 1.54) is 18.2 Å². The molecule has 0 atom stereocenters. The van der Waals surface area contributed by atoms with Gasteiger partial charge in [-0.05, 0) is 18.2 Å². The van der Waals surface area contributed by atoms with Crippen LogP contribution in [0, 0.1) is 0 Å². The molecule has 1 aromatic heterocycles. The summed E-state index contributed by atoms with van der Waals surface area (Å²) in [6.45, 7) is -0.803. The van der Waals surface area contributed by atoms with E-state index in [0.29, 0.717) is 5.56 Å². The predicted molar refractivity (Wildman–Crippen MR) is 82.3 cm³/mol. The minimum atomic E-state index is -0.803. The smallest absolute Gasteiger partial charge is 0.206 e. The summed E-state index contributed by atoms with van der Waals surface area (Å²) in [7, 11) is 0. The van der Waals surface area contributed by atoms with E-state index in [1.807, 2.05) is 0 Å². The molecule has 8 heteroatoms. The largest absolute Gasteiger partial charge is 0.504 e. The van der Waals surface area contributed by atoms with Crippen LogP contribution >= 0.6 is 0 Å². The van der Waals surface area contributed by atoms with Crippen molar-refractivity contribution in [1.82, 2.24) is 0 Å². The molecule has 24 heavy (non-hydrogen) atoms. The SMILES string of the molecule is O=c1cc(-c2ccc(O)c(O)c2)oc2cc(O)c(OCO)c(O)c12. The minimum absolute atomic E-state index is 0.0532. The fourth-order valence-electron chi connectivity index (χ4n) is 2.30. The molecule has 0 aliphatic heterocycles. The number of hydrogen-bond donors (Lipinski definition) is 5. The Morgan fingerprint density at radius 3 is 2.38 bits per heavy atom. The number of phenolic OH excluding ortho intramolecular Hbond substituents is 4. The summed E-state index contributed by atoms with van der Waals surface area (Å²) in [5.74, 6) is -2.30. The maximum Gasteiger partial charge on any atom is 0.206 e. The van der Waals surface area contributed by atoms with Crippen molar-refractivity contribution in [3.05, 3.63) is 40.6 Å². The lowest BCUT2D eigenvalue weighted by Crippen LogP contribution is -2.03. The highest BCUT2D eigenvalue weighted by Crippen LogP contribution is 2.41. The van der Waals surface area contributed by atoms with Gasteiger partial charge in [0, 0.05) is 17.7 Å². The Labute approximate surface area is 134 Å². The molecule has 3 rings (SSSR count). The normalized spacial score (nSPS) is 10.9. The molecular weight excluding hydrogens is 320 g/mol. The zero-order chi connectivity index (χ0) is 17.4. The van der Waals surface area contributed by atoms with Crippen molar-refractivity contribution >= 4 is 11.0 Å². The molecule has 0 aliphatic carbocycles. The van der Waals surface area contributed by atoms with Gasteiger partial charge in [-0.3, -0.25) is 4.79 Å². The molecule has 5 N–H and O–H groups in total. The molecule has 1 heterocycles. The average molecular weight is 332 g/mol. The third-order valence-electron chi connectivity index (χ3n) is 3.40. The molecule has 0 aliphatic rings. The lowest BCUT2D eigenvalue weighted by molar-refractivity contribution is 0.0927. The molecule has 0 spiro atoms. The van der Waals surface area contributed by atoms with Gasteiger partial charge in [0.2, 0.25) is 5.75 Å². The van der Waals surface area contributed by atoms with Gasteiger partial charge in [-0.1, -0.05) is 0 Å². The van der Waals surface area contributed by atoms with Crippen molar-refractivity contribution in [2.75, 3.05) is 6.79 Å². The predicted octanol–water partition coefficient (Wildman–Crippen LogP) is 1.61. The standard InChI is InChI=1S/C16H12O8/c17-6-23-16-11(21)5-13-14(15(16)22)10(20)4-12(24-13)7-1-2-8(18)9(19)3-7/h1-5,17-19,21-22H,6H2. The van der Waals surface area contributed by atoms with E-state index in [4.69, 9.17) is 9.52 Å². The van der Waals surface area contributed by atoms with E-state index in [2.05, 4.69) is 4.74 Å². The third-order valence-corrected chi connectivity index (χ3v) is 3.40. The topological polar surface area (TPSA) is 141 Å². The van der Waals surface area contributed by atoms with Crippen LogP contribution in [0.1, 0.15) is 0 Å². The summed E-state index contributed by atoms with van der Waals surface area (Å²) in [5, 5.41) is 47.3. The summed E-state index contributed by atoms with van der Waals surface area (Å²) >= 11 is 0. The quantitative estimate of drug-likeness (QED) is 0.360. The van der Waals surface area contributed by atoms with Crippen LogP contribution in [0.25, 0.3) is 22.3 Å². The Morgan fingerprint density at radius 2 is 1.71 bits per heavy atom. The first-order valence-electron chi connectivity index (χ1n) is 6.71. The summed E-state index contributed by atoms with van der Waals surface area (Å²) < 4.78 is 10.2. The second kappa shape index (κ2) is 5.67. The third kappa shape index (κ3) is 2.44. The highest BCUT2D eigenvalue weighted by molar-refractivity contribution is 5.89. The van der Waals surface area contributed by atoms with Gasteiger partial charge in [-0.15, -0.1) is 0 Å². The molecule has 3 aromatic rings. The van der Waals surface area contributed by atoms with Crippen LogP contribution in [0.4, 0.5) is 0 Å². The van der Waals surface area contributed by atoms with Gasteiger partial charge in [-0.25, -0.2) is 0 Å². The number of aliphatic hydroxyl groups excluding tert-OH is 1. The van der Waals surface area contributed by atoms with E-state index < -0.39 is 35.2 Å². The van der Waals surface area contributed by atoms with Crippen molar-refractivity contribution in [3.63, 3.8) is 0 Å². The van der Waals surface area contributed by atoms with Crippen LogP contribution < -0.4 is 10.2 Å². The van der Waals surface area contributed by atoms with Crippen molar-refractivity contribution in [2.24, 2.45) is 0 Å². The highest BCUT2D eigenvalue weighted by Gasteiger charge is 2.19. The number of rotatable bonds is 3. The van der Waals surface area contributed by atoms with Gasteiger partial charge >= 0.3 is 0 Å². The van der Waals surface area contributed by atoms with Gasteiger partial charge in [0.25, 0.3) is 0 Å². The molecular formula is C16H12O8. The van der Waals surface area contributed by atoms with E-state index in [-0.39, 0.29) is 22.5 Å². The summed E-state index contributed by atoms with van der Waals surface area (Å²) in [6, 6.07) is 5.98. The molecule has 8 nitrogen and oxygen atoms in total. The monoisotopic (exact) mass is 332 g/mol. The molecule has 0 fully saturated rings. The number of aromatic hydroxyl groups is 4. The molecule has 0 bridgehead atoms. The van der Waals surface area contributed by atoms with Gasteiger partial charge in [0.1, 0.15) is 16.7 Å². The minimum Gasteiger partial charge on any atom is -0.504 e. The Kier molecular flexibility index (Phi) is 3.66. The number of fused-ring (bicyclic) bond motifs is 1. The number of hydrogen-bond acceptors (Lipinski definition) is 8. The Bertz CT molecular complexity index is 990. The van der Waals surface area contributed by atoms with E-state index in [9.17, 15) is 25.2 Å². The highest BCUT2D eigenvalue weighted by atomic mass is 16.6. The molecule has 0 saturated carbocycles. The van der Waals surface area contributed by atoms with Gasteiger partial charge in [0.05, 0.1) is 0 Å². The lowest BCUT2D eigenvalue weighted by atomic mass is 10.1. The summed E-state index contributed by atoms with van der Waals surface area (Å²) in [5.41, 5.74) is -0.441. The van der Waals surface area contributed by atoms with Gasteiger partial charge in [-0.2, -0.15) is 0 Å². The van der Waals surface area contributed by atoms with Crippen LogP contribution in [-0.4, -0.2) is 32.3 Å². The fraction of sp³-hybridized carbons (Fsp3) is 0.0625. The summed E-state index contributed by atoms with van der Waals surface area (Å²) in [4.78, 5) is 12.3. The second-order valence-corrected chi connectivity index (χ2v) is 4.90. The Morgan fingerprint density at radius 1 is 0.958 bits per heavy atom. The van der Waals surface area contributed by atoms with Crippen molar-refractivity contribution < 1.29 is 34.7 Å². The van der Waals surface area contributed by atoms with E-state index in [0.717, 1.165) is 12.1 Å². The first kappa shape index (κ1) is 15.5. The Hall–Kier alpha value is -3.39. The fourth-order valence-corrected chi connectivity index (χ4v) is 2.30. The van der Waals surface area contributed by atoms with Gasteiger partial charge in [0.15, 0.2) is 35.2 Å². The maximum absolute atomic E-state index is 12.3. The number of aliphatic hydroxyl groups is 1. The number of phenols is 4. The first-order chi connectivity index (χ1) is 11.4. The molecule has 0 saturated heterocycles. The molecule has 0 radical (unpaired) electrons. The molecule has 124 valence electrons. The number of benzene rings is 2. The van der Waals surface area contributed by atoms with E-state index in [1.54, 1.807) is 0 Å². The summed E-state index contributed by atoms with van der Waals surface area (Å²) in [6.07, 6.45) is 0. The zero-order valence-corrected chi connectivity index (χ0v) is 12.1. The van der Waals surface area contributed by atoms with Crippen LogP contribution in [0.15, 0.2) is 39.5 Å². The van der Waals surface area contributed by atoms with E-state index >= 15 is 0 Å². The zero-order valence-electron chi connectivity index (χ0n) is 12.1. The van der Waals surface area contributed by atoms with Gasteiger partial charge < -0.3 is 34.7 Å². The maximum atomic E-state index is 12.3. The second-order valence-electron chi connectivity index (χ2n) is 4.90. The van der Waals surface area contributed by atoms with Crippen molar-refractivity contribution in [1.29, 1.82) is 0 Å². The molecule has 2 aromatic carbocycles. The van der Waals surface area contributed by atoms with Crippen LogP contribution in [-0.2, 0) is 0 Å². The first-order valence-corrected chi connectivity index (χ1v) is 6.71. The number of ether oxygens (including phenoxy) is 1. The van der Waals surface area contributed by atoms with Crippen LogP contribution in [0.5, 0.6) is 28.7 Å². The van der Waals surface area contributed by atoms with Crippen LogP contribution in [0.3, 0.4) is 0 Å². The molecule has 0 unspecified atom stereocenters. The van der Waals surface area contributed by atoms with Crippen LogP contribution in [0.2, 0.25) is 0 Å². The van der Waals surface area contributed by atoms with Crippen molar-refractivity contribution in [3.8, 4) is 40.1 Å².